The average molecular weight is 425 g/mol. The number of para-hydroxylation sites is 1. The third-order valence-corrected chi connectivity index (χ3v) is 5.18. The fourth-order valence-corrected chi connectivity index (χ4v) is 3.33. The number of hydrogen-bond acceptors (Lipinski definition) is 3. The predicted octanol–water partition coefficient (Wildman–Crippen LogP) is 5.08. The van der Waals surface area contributed by atoms with Crippen molar-refractivity contribution in [2.24, 2.45) is 0 Å². The van der Waals surface area contributed by atoms with Crippen molar-refractivity contribution in [1.82, 2.24) is 9.55 Å². The van der Waals surface area contributed by atoms with Crippen molar-refractivity contribution in [3.05, 3.63) is 67.6 Å². The first kappa shape index (κ1) is 19.7. The van der Waals surface area contributed by atoms with Crippen LogP contribution in [0.4, 0.5) is 5.69 Å². The summed E-state index contributed by atoms with van der Waals surface area (Å²) in [6.07, 6.45) is 2.21. The molecular formula is C19H16Cl3N3O2. The van der Waals surface area contributed by atoms with Crippen molar-refractivity contribution < 1.29 is 4.79 Å². The number of carbonyl (C=O) groups excluding carboxylic acids is 1. The van der Waals surface area contributed by atoms with Crippen LogP contribution in [0.1, 0.15) is 18.4 Å². The maximum Gasteiger partial charge on any atom is 0.261 e. The van der Waals surface area contributed by atoms with Crippen molar-refractivity contribution in [1.29, 1.82) is 0 Å². The molecule has 0 fully saturated rings. The van der Waals surface area contributed by atoms with Crippen LogP contribution in [0, 0.1) is 6.92 Å². The molecule has 0 atom stereocenters. The van der Waals surface area contributed by atoms with E-state index in [0.717, 1.165) is 5.56 Å². The van der Waals surface area contributed by atoms with E-state index in [1.807, 2.05) is 19.1 Å². The number of nitrogens with one attached hydrogen (secondary N) is 1. The smallest absolute Gasteiger partial charge is 0.261 e. The van der Waals surface area contributed by atoms with Gasteiger partial charge in [-0.15, -0.1) is 0 Å². The molecule has 0 spiro atoms. The molecule has 0 saturated carbocycles. The maximum atomic E-state index is 12.5. The summed E-state index contributed by atoms with van der Waals surface area (Å²) in [6.45, 7) is 2.30. The summed E-state index contributed by atoms with van der Waals surface area (Å²) in [6, 6.07) is 8.48. The largest absolute Gasteiger partial charge is 0.325 e. The van der Waals surface area contributed by atoms with Crippen LogP contribution in [-0.2, 0) is 11.3 Å². The van der Waals surface area contributed by atoms with Crippen LogP contribution in [0.15, 0.2) is 41.5 Å². The molecule has 0 bridgehead atoms. The van der Waals surface area contributed by atoms with E-state index < -0.39 is 0 Å². The van der Waals surface area contributed by atoms with E-state index >= 15 is 0 Å². The summed E-state index contributed by atoms with van der Waals surface area (Å²) in [5, 5.41) is 4.20. The lowest BCUT2D eigenvalue weighted by atomic mass is 10.1. The van der Waals surface area contributed by atoms with Crippen molar-refractivity contribution in [3.8, 4) is 0 Å². The highest BCUT2D eigenvalue weighted by atomic mass is 35.5. The summed E-state index contributed by atoms with van der Waals surface area (Å²) in [5.74, 6) is -0.229. The molecule has 8 heteroatoms. The molecule has 0 radical (unpaired) electrons. The van der Waals surface area contributed by atoms with Crippen LogP contribution < -0.4 is 10.9 Å². The first-order valence-electron chi connectivity index (χ1n) is 8.26. The van der Waals surface area contributed by atoms with Gasteiger partial charge in [0.05, 0.1) is 38.0 Å². The Balaban J connectivity index is 1.64. The van der Waals surface area contributed by atoms with Gasteiger partial charge < -0.3 is 5.32 Å². The summed E-state index contributed by atoms with van der Waals surface area (Å²) >= 11 is 17.9. The van der Waals surface area contributed by atoms with Gasteiger partial charge in [0.2, 0.25) is 5.91 Å². The molecule has 2 aromatic carbocycles. The highest BCUT2D eigenvalue weighted by Gasteiger charge is 2.10. The molecule has 0 aliphatic heterocycles. The van der Waals surface area contributed by atoms with Crippen molar-refractivity contribution in [2.45, 2.75) is 26.3 Å². The lowest BCUT2D eigenvalue weighted by Gasteiger charge is -2.10. The molecule has 1 amide bonds. The summed E-state index contributed by atoms with van der Waals surface area (Å²) in [4.78, 5) is 29.0. The Morgan fingerprint density at radius 3 is 2.67 bits per heavy atom. The monoisotopic (exact) mass is 423 g/mol. The lowest BCUT2D eigenvalue weighted by molar-refractivity contribution is -0.116. The van der Waals surface area contributed by atoms with Gasteiger partial charge in [0.25, 0.3) is 5.56 Å². The van der Waals surface area contributed by atoms with Crippen LogP contribution in [-0.4, -0.2) is 15.5 Å². The number of halogens is 3. The Morgan fingerprint density at radius 2 is 1.89 bits per heavy atom. The average Bonchev–Trinajstić information content (AvgIpc) is 2.62. The summed E-state index contributed by atoms with van der Waals surface area (Å²) < 4.78 is 1.52. The van der Waals surface area contributed by atoms with Crippen molar-refractivity contribution >= 4 is 57.3 Å². The number of fused-ring (bicyclic) bond motifs is 1. The third-order valence-electron chi connectivity index (χ3n) is 4.14. The molecule has 5 nitrogen and oxygen atoms in total. The third kappa shape index (κ3) is 4.43. The molecule has 3 rings (SSSR count). The zero-order valence-electron chi connectivity index (χ0n) is 14.4. The standard InChI is InChI=1S/C19H16Cl3N3O2/c1-11-4-2-5-12-18(11)23-10-25(19(12)27)7-3-6-17(26)24-16-9-14(21)13(20)8-15(16)22/h2,4-5,8-10H,3,6-7H2,1H3,(H,24,26). The Hall–Kier alpha value is -2.08. The number of anilines is 1. The molecule has 1 aromatic heterocycles. The number of amides is 1. The van der Waals surface area contributed by atoms with E-state index in [1.54, 1.807) is 6.07 Å². The highest BCUT2D eigenvalue weighted by molar-refractivity contribution is 6.44. The highest BCUT2D eigenvalue weighted by Crippen LogP contribution is 2.32. The van der Waals surface area contributed by atoms with Crippen molar-refractivity contribution in [2.75, 3.05) is 5.32 Å². The molecule has 1 heterocycles. The van der Waals surface area contributed by atoms with Gasteiger partial charge in [0.15, 0.2) is 0 Å². The number of benzene rings is 2. The molecule has 0 aliphatic carbocycles. The Labute approximate surface area is 170 Å². The fraction of sp³-hybridized carbons (Fsp3) is 0.211. The van der Waals surface area contributed by atoms with Crippen LogP contribution in [0.2, 0.25) is 15.1 Å². The minimum atomic E-state index is -0.229. The Bertz CT molecular complexity index is 1080. The molecule has 140 valence electrons. The number of aryl methyl sites for hydroxylation is 2. The lowest BCUT2D eigenvalue weighted by Crippen LogP contribution is -2.22. The molecule has 0 aliphatic rings. The molecule has 0 saturated heterocycles. The molecular weight excluding hydrogens is 409 g/mol. The van der Waals surface area contributed by atoms with Crippen LogP contribution in [0.3, 0.4) is 0 Å². The van der Waals surface area contributed by atoms with E-state index in [2.05, 4.69) is 10.3 Å². The number of carbonyl (C=O) groups is 1. The van der Waals surface area contributed by atoms with E-state index in [-0.39, 0.29) is 17.9 Å². The van der Waals surface area contributed by atoms with Gasteiger partial charge in [-0.25, -0.2) is 4.98 Å². The van der Waals surface area contributed by atoms with Gasteiger partial charge in [-0.3, -0.25) is 14.2 Å². The second kappa shape index (κ2) is 8.30. The van der Waals surface area contributed by atoms with Gasteiger partial charge in [-0.1, -0.05) is 46.9 Å². The normalized spacial score (nSPS) is 11.0. The zero-order valence-corrected chi connectivity index (χ0v) is 16.7. The Kier molecular flexibility index (Phi) is 6.05. The zero-order chi connectivity index (χ0) is 19.6. The Morgan fingerprint density at radius 1 is 1.15 bits per heavy atom. The van der Waals surface area contributed by atoms with Crippen LogP contribution in [0.25, 0.3) is 10.9 Å². The van der Waals surface area contributed by atoms with Gasteiger partial charge in [0.1, 0.15) is 0 Å². The second-order valence-corrected chi connectivity index (χ2v) is 7.33. The van der Waals surface area contributed by atoms with Gasteiger partial charge >= 0.3 is 0 Å². The van der Waals surface area contributed by atoms with Gasteiger partial charge in [0, 0.05) is 13.0 Å². The number of rotatable bonds is 5. The quantitative estimate of drug-likeness (QED) is 0.581. The van der Waals surface area contributed by atoms with E-state index in [1.165, 1.54) is 23.0 Å². The SMILES string of the molecule is Cc1cccc2c(=O)n(CCCC(=O)Nc3cc(Cl)c(Cl)cc3Cl)cnc12. The molecule has 3 aromatic rings. The maximum absolute atomic E-state index is 12.5. The summed E-state index contributed by atoms with van der Waals surface area (Å²) in [7, 11) is 0. The van der Waals surface area contributed by atoms with Gasteiger partial charge in [-0.2, -0.15) is 0 Å². The number of nitrogens with zero attached hydrogens (tertiary/aromatic N) is 2. The van der Waals surface area contributed by atoms with Crippen LogP contribution in [0.5, 0.6) is 0 Å². The first-order valence-corrected chi connectivity index (χ1v) is 9.39. The second-order valence-electron chi connectivity index (χ2n) is 6.11. The first-order chi connectivity index (χ1) is 12.9. The molecule has 0 unspecified atom stereocenters. The summed E-state index contributed by atoms with van der Waals surface area (Å²) in [5.41, 5.74) is 1.94. The van der Waals surface area contributed by atoms with E-state index in [4.69, 9.17) is 34.8 Å². The minimum Gasteiger partial charge on any atom is -0.325 e. The predicted molar refractivity (Wildman–Crippen MR) is 110 cm³/mol. The number of aromatic nitrogens is 2. The van der Waals surface area contributed by atoms with E-state index in [9.17, 15) is 9.59 Å². The number of hydrogen-bond donors (Lipinski definition) is 1. The minimum absolute atomic E-state index is 0.114. The molecule has 1 N–H and O–H groups in total. The van der Waals surface area contributed by atoms with Gasteiger partial charge in [-0.05, 0) is 37.1 Å². The fourth-order valence-electron chi connectivity index (χ4n) is 2.74. The van der Waals surface area contributed by atoms with Crippen molar-refractivity contribution in [3.63, 3.8) is 0 Å². The molecule has 27 heavy (non-hydrogen) atoms. The topological polar surface area (TPSA) is 64.0 Å². The van der Waals surface area contributed by atoms with Crippen LogP contribution >= 0.6 is 34.8 Å². The van der Waals surface area contributed by atoms with E-state index in [0.29, 0.717) is 44.6 Å².